The fourth-order valence-corrected chi connectivity index (χ4v) is 4.30. The molecular formula is C16H31B. The van der Waals surface area contributed by atoms with E-state index in [-0.39, 0.29) is 0 Å². The van der Waals surface area contributed by atoms with E-state index in [1.165, 1.54) is 58.6 Å². The monoisotopic (exact) mass is 234 g/mol. The van der Waals surface area contributed by atoms with Gasteiger partial charge in [0.25, 0.3) is 0 Å². The highest BCUT2D eigenvalue weighted by Gasteiger charge is 2.40. The number of rotatable bonds is 2. The molecule has 0 N–H and O–H groups in total. The minimum absolute atomic E-state index is 0.668. The average molecular weight is 234 g/mol. The molecule has 1 heteroatoms. The molecule has 0 saturated heterocycles. The van der Waals surface area contributed by atoms with Crippen molar-refractivity contribution in [1.82, 2.24) is 0 Å². The van der Waals surface area contributed by atoms with Crippen molar-refractivity contribution in [2.75, 3.05) is 0 Å². The first-order valence-corrected chi connectivity index (χ1v) is 7.91. The zero-order valence-electron chi connectivity index (χ0n) is 12.5. The Balaban J connectivity index is 1.91. The first kappa shape index (κ1) is 13.5. The molecule has 2 rings (SSSR count). The molecule has 0 unspecified atom stereocenters. The first-order chi connectivity index (χ1) is 7.91. The van der Waals surface area contributed by atoms with Crippen LogP contribution < -0.4 is 0 Å². The van der Waals surface area contributed by atoms with Crippen molar-refractivity contribution >= 4 is 7.28 Å². The Kier molecular flexibility index (Phi) is 3.95. The van der Waals surface area contributed by atoms with E-state index in [1.54, 1.807) is 0 Å². The molecule has 0 aromatic carbocycles. The van der Waals surface area contributed by atoms with E-state index in [2.05, 4.69) is 27.7 Å². The smallest absolute Gasteiger partial charge is 0.0665 e. The SMILES string of the molecule is C[C@H]1CC[C@@](C)(B[C@]2(C)CC[C@H](C)CC2)CC1. The summed E-state index contributed by atoms with van der Waals surface area (Å²) in [5.41, 5.74) is 0. The van der Waals surface area contributed by atoms with Crippen molar-refractivity contribution in [2.45, 2.75) is 89.7 Å². The summed E-state index contributed by atoms with van der Waals surface area (Å²) in [5.74, 6) is 1.98. The van der Waals surface area contributed by atoms with E-state index in [4.69, 9.17) is 0 Å². The molecule has 2 aliphatic carbocycles. The Hall–Kier alpha value is 0.0649. The van der Waals surface area contributed by atoms with Gasteiger partial charge >= 0.3 is 0 Å². The highest BCUT2D eigenvalue weighted by atomic mass is 14.3. The Labute approximate surface area is 109 Å². The van der Waals surface area contributed by atoms with Crippen molar-refractivity contribution in [1.29, 1.82) is 0 Å². The third-order valence-corrected chi connectivity index (χ3v) is 5.82. The van der Waals surface area contributed by atoms with Crippen molar-refractivity contribution in [3.05, 3.63) is 0 Å². The van der Waals surface area contributed by atoms with Crippen molar-refractivity contribution < 1.29 is 0 Å². The molecule has 2 fully saturated rings. The molecule has 0 heterocycles. The molecule has 0 amide bonds. The van der Waals surface area contributed by atoms with Gasteiger partial charge in [0.15, 0.2) is 0 Å². The Morgan fingerprint density at radius 2 is 1.00 bits per heavy atom. The van der Waals surface area contributed by atoms with Gasteiger partial charge in [-0.15, -0.1) is 0 Å². The third-order valence-electron chi connectivity index (χ3n) is 5.82. The van der Waals surface area contributed by atoms with Gasteiger partial charge in [-0.1, -0.05) is 89.7 Å². The lowest BCUT2D eigenvalue weighted by Gasteiger charge is -2.45. The second kappa shape index (κ2) is 4.98. The average Bonchev–Trinajstić information content (AvgIpc) is 2.28. The van der Waals surface area contributed by atoms with Crippen LogP contribution in [-0.2, 0) is 0 Å². The molecule has 0 atom stereocenters. The van der Waals surface area contributed by atoms with Gasteiger partial charge in [-0.2, -0.15) is 0 Å². The van der Waals surface area contributed by atoms with E-state index >= 15 is 0 Å². The van der Waals surface area contributed by atoms with E-state index < -0.39 is 0 Å². The lowest BCUT2D eigenvalue weighted by Crippen LogP contribution is -2.33. The minimum Gasteiger partial charge on any atom is -0.0665 e. The summed E-state index contributed by atoms with van der Waals surface area (Å²) >= 11 is 0. The molecule has 98 valence electrons. The highest BCUT2D eigenvalue weighted by molar-refractivity contribution is 6.44. The molecule has 0 spiro atoms. The van der Waals surface area contributed by atoms with Crippen LogP contribution in [0.1, 0.15) is 79.1 Å². The summed E-state index contributed by atoms with van der Waals surface area (Å²) in [5, 5.41) is 1.34. The largest absolute Gasteiger partial charge is 0.134 e. The van der Waals surface area contributed by atoms with Gasteiger partial charge in [0.2, 0.25) is 0 Å². The van der Waals surface area contributed by atoms with Gasteiger partial charge in [-0.25, -0.2) is 0 Å². The van der Waals surface area contributed by atoms with Crippen LogP contribution in [-0.4, -0.2) is 7.28 Å². The van der Waals surface area contributed by atoms with Crippen LogP contribution in [0.15, 0.2) is 0 Å². The van der Waals surface area contributed by atoms with Crippen LogP contribution in [0.2, 0.25) is 10.6 Å². The lowest BCUT2D eigenvalue weighted by molar-refractivity contribution is 0.286. The lowest BCUT2D eigenvalue weighted by atomic mass is 9.34. The maximum Gasteiger partial charge on any atom is 0.134 e. The molecule has 0 radical (unpaired) electrons. The van der Waals surface area contributed by atoms with E-state index in [1.807, 2.05) is 0 Å². The van der Waals surface area contributed by atoms with Gasteiger partial charge in [0.1, 0.15) is 7.28 Å². The molecular weight excluding hydrogens is 203 g/mol. The van der Waals surface area contributed by atoms with Gasteiger partial charge in [0.05, 0.1) is 0 Å². The zero-order chi connectivity index (χ0) is 12.5. The summed E-state index contributed by atoms with van der Waals surface area (Å²) in [7, 11) is 1.50. The summed E-state index contributed by atoms with van der Waals surface area (Å²) in [6.07, 6.45) is 11.8. The quantitative estimate of drug-likeness (QED) is 0.576. The third kappa shape index (κ3) is 3.52. The van der Waals surface area contributed by atoms with Gasteiger partial charge in [0, 0.05) is 0 Å². The normalized spacial score (nSPS) is 47.8. The molecule has 0 nitrogen and oxygen atoms in total. The van der Waals surface area contributed by atoms with Crippen LogP contribution in [0, 0.1) is 11.8 Å². The van der Waals surface area contributed by atoms with Gasteiger partial charge < -0.3 is 0 Å². The Morgan fingerprint density at radius 3 is 1.29 bits per heavy atom. The maximum atomic E-state index is 2.57. The summed E-state index contributed by atoms with van der Waals surface area (Å²) < 4.78 is 0. The summed E-state index contributed by atoms with van der Waals surface area (Å²) in [6.45, 7) is 10.0. The maximum absolute atomic E-state index is 2.57. The number of hydrogen-bond acceptors (Lipinski definition) is 0. The van der Waals surface area contributed by atoms with Crippen LogP contribution in [0.4, 0.5) is 0 Å². The topological polar surface area (TPSA) is 0 Å². The molecule has 17 heavy (non-hydrogen) atoms. The van der Waals surface area contributed by atoms with Crippen molar-refractivity contribution in [3.8, 4) is 0 Å². The van der Waals surface area contributed by atoms with E-state index in [0.717, 1.165) is 11.8 Å². The number of hydrogen-bond donors (Lipinski definition) is 0. The second-order valence-corrected chi connectivity index (χ2v) is 8.16. The molecule has 2 aliphatic rings. The summed E-state index contributed by atoms with van der Waals surface area (Å²) in [6, 6.07) is 0. The van der Waals surface area contributed by atoms with Crippen LogP contribution in [0.3, 0.4) is 0 Å². The molecule has 2 saturated carbocycles. The Morgan fingerprint density at radius 1 is 0.706 bits per heavy atom. The standard InChI is InChI=1S/C16H31B/c1-13-5-9-15(3,10-6-13)17-16(4)11-7-14(2)8-12-16/h13-14,17H,5-12H2,1-4H3/t13-,14-,15+,16+. The predicted octanol–water partition coefficient (Wildman–Crippen LogP) is 5.20. The highest BCUT2D eigenvalue weighted by Crippen LogP contribution is 2.53. The minimum atomic E-state index is 0.668. The molecule has 0 aliphatic heterocycles. The van der Waals surface area contributed by atoms with Crippen molar-refractivity contribution in [2.24, 2.45) is 11.8 Å². The molecule has 0 aromatic heterocycles. The van der Waals surface area contributed by atoms with Crippen LogP contribution in [0.5, 0.6) is 0 Å². The zero-order valence-corrected chi connectivity index (χ0v) is 12.5. The second-order valence-electron chi connectivity index (χ2n) is 8.16. The summed E-state index contributed by atoms with van der Waals surface area (Å²) in [4.78, 5) is 0. The fraction of sp³-hybridized carbons (Fsp3) is 1.00. The van der Waals surface area contributed by atoms with Crippen molar-refractivity contribution in [3.63, 3.8) is 0 Å². The first-order valence-electron chi connectivity index (χ1n) is 7.91. The van der Waals surface area contributed by atoms with Crippen LogP contribution in [0.25, 0.3) is 0 Å². The molecule has 0 aromatic rings. The van der Waals surface area contributed by atoms with E-state index in [9.17, 15) is 0 Å². The van der Waals surface area contributed by atoms with Crippen LogP contribution >= 0.6 is 0 Å². The molecule has 0 bridgehead atoms. The Bertz CT molecular complexity index is 216. The van der Waals surface area contributed by atoms with E-state index in [0.29, 0.717) is 10.6 Å². The fourth-order valence-electron chi connectivity index (χ4n) is 4.30. The predicted molar refractivity (Wildman–Crippen MR) is 79.1 cm³/mol. The van der Waals surface area contributed by atoms with Gasteiger partial charge in [-0.05, 0) is 11.8 Å². The van der Waals surface area contributed by atoms with Gasteiger partial charge in [-0.3, -0.25) is 0 Å².